The molecule has 0 saturated heterocycles. The van der Waals surface area contributed by atoms with Crippen LogP contribution in [0.2, 0.25) is 0 Å². The molecule has 2 rings (SSSR count). The number of benzene rings is 2. The van der Waals surface area contributed by atoms with Crippen molar-refractivity contribution in [1.82, 2.24) is 5.32 Å². The summed E-state index contributed by atoms with van der Waals surface area (Å²) in [6.07, 6.45) is -0.632. The van der Waals surface area contributed by atoms with Crippen LogP contribution in [-0.4, -0.2) is 32.3 Å². The summed E-state index contributed by atoms with van der Waals surface area (Å²) in [5.41, 5.74) is 1.37. The average Bonchev–Trinajstić information content (AvgIpc) is 2.65. The molecule has 0 aromatic heterocycles. The van der Waals surface area contributed by atoms with Gasteiger partial charge in [-0.05, 0) is 42.2 Å². The normalized spacial score (nSPS) is 12.2. The SMILES string of the molecule is COc1ccccc1O[C@@H](C)C(=O)NCCOc1ccc(C(C)(C)C)cc1. The lowest BCUT2D eigenvalue weighted by Gasteiger charge is -2.19. The van der Waals surface area contributed by atoms with Gasteiger partial charge < -0.3 is 19.5 Å². The highest BCUT2D eigenvalue weighted by molar-refractivity contribution is 5.80. The molecule has 2 aromatic rings. The minimum Gasteiger partial charge on any atom is -0.493 e. The van der Waals surface area contributed by atoms with E-state index in [9.17, 15) is 4.79 Å². The summed E-state index contributed by atoms with van der Waals surface area (Å²) in [6, 6.07) is 15.3. The molecule has 0 fully saturated rings. The largest absolute Gasteiger partial charge is 0.493 e. The van der Waals surface area contributed by atoms with Crippen molar-refractivity contribution < 1.29 is 19.0 Å². The van der Waals surface area contributed by atoms with Gasteiger partial charge in [-0.3, -0.25) is 4.79 Å². The Hall–Kier alpha value is -2.69. The van der Waals surface area contributed by atoms with Crippen molar-refractivity contribution in [3.8, 4) is 17.2 Å². The van der Waals surface area contributed by atoms with Gasteiger partial charge in [0.05, 0.1) is 13.7 Å². The van der Waals surface area contributed by atoms with Crippen molar-refractivity contribution >= 4 is 5.91 Å². The van der Waals surface area contributed by atoms with E-state index in [0.29, 0.717) is 24.7 Å². The third-order valence-corrected chi connectivity index (χ3v) is 4.13. The van der Waals surface area contributed by atoms with Crippen LogP contribution in [-0.2, 0) is 10.2 Å². The Kier molecular flexibility index (Phi) is 7.11. The molecule has 0 spiro atoms. The molecule has 0 aliphatic carbocycles. The molecule has 2 aromatic carbocycles. The summed E-state index contributed by atoms with van der Waals surface area (Å²) >= 11 is 0. The lowest BCUT2D eigenvalue weighted by molar-refractivity contribution is -0.127. The first-order valence-electron chi connectivity index (χ1n) is 9.12. The van der Waals surface area contributed by atoms with Crippen LogP contribution in [0.1, 0.15) is 33.3 Å². The third-order valence-electron chi connectivity index (χ3n) is 4.13. The maximum absolute atomic E-state index is 12.2. The standard InChI is InChI=1S/C22H29NO4/c1-16(27-20-9-7-6-8-19(20)25-5)21(24)23-14-15-26-18-12-10-17(11-13-18)22(2,3)4/h6-13,16H,14-15H2,1-5H3,(H,23,24)/t16-/m0/s1. The molecule has 0 unspecified atom stereocenters. The number of carbonyl (C=O) groups excluding carboxylic acids is 1. The van der Waals surface area contributed by atoms with Crippen LogP contribution < -0.4 is 19.5 Å². The molecular weight excluding hydrogens is 342 g/mol. The zero-order valence-corrected chi connectivity index (χ0v) is 16.7. The smallest absolute Gasteiger partial charge is 0.260 e. The lowest BCUT2D eigenvalue weighted by atomic mass is 9.87. The quantitative estimate of drug-likeness (QED) is 0.714. The van der Waals surface area contributed by atoms with E-state index in [-0.39, 0.29) is 11.3 Å². The number of hydrogen-bond donors (Lipinski definition) is 1. The predicted molar refractivity (Wildman–Crippen MR) is 107 cm³/mol. The van der Waals surface area contributed by atoms with E-state index in [2.05, 4.69) is 38.2 Å². The highest BCUT2D eigenvalue weighted by Gasteiger charge is 2.16. The molecule has 0 saturated carbocycles. The van der Waals surface area contributed by atoms with Crippen molar-refractivity contribution in [3.63, 3.8) is 0 Å². The van der Waals surface area contributed by atoms with E-state index in [1.807, 2.05) is 24.3 Å². The Labute approximate surface area is 161 Å². The summed E-state index contributed by atoms with van der Waals surface area (Å²) in [6.45, 7) is 9.02. The first-order valence-corrected chi connectivity index (χ1v) is 9.12. The lowest BCUT2D eigenvalue weighted by Crippen LogP contribution is -2.38. The van der Waals surface area contributed by atoms with Crippen LogP contribution in [0.3, 0.4) is 0 Å². The second-order valence-corrected chi connectivity index (χ2v) is 7.32. The summed E-state index contributed by atoms with van der Waals surface area (Å²) in [7, 11) is 1.57. The highest BCUT2D eigenvalue weighted by atomic mass is 16.5. The Balaban J connectivity index is 1.75. The van der Waals surface area contributed by atoms with E-state index in [4.69, 9.17) is 14.2 Å². The zero-order chi connectivity index (χ0) is 19.9. The van der Waals surface area contributed by atoms with Gasteiger partial charge in [0.1, 0.15) is 12.4 Å². The van der Waals surface area contributed by atoms with Crippen LogP contribution >= 0.6 is 0 Å². The molecule has 1 N–H and O–H groups in total. The summed E-state index contributed by atoms with van der Waals surface area (Å²) < 4.78 is 16.6. The Morgan fingerprint density at radius 3 is 2.26 bits per heavy atom. The van der Waals surface area contributed by atoms with Gasteiger partial charge in [-0.2, -0.15) is 0 Å². The second kappa shape index (κ2) is 9.31. The van der Waals surface area contributed by atoms with Gasteiger partial charge in [0, 0.05) is 0 Å². The van der Waals surface area contributed by atoms with Crippen molar-refractivity contribution in [2.75, 3.05) is 20.3 Å². The first-order chi connectivity index (χ1) is 12.8. The molecule has 27 heavy (non-hydrogen) atoms. The maximum Gasteiger partial charge on any atom is 0.260 e. The van der Waals surface area contributed by atoms with Crippen LogP contribution in [0.4, 0.5) is 0 Å². The van der Waals surface area contributed by atoms with Crippen molar-refractivity contribution in [2.24, 2.45) is 0 Å². The number of ether oxygens (including phenoxy) is 3. The fourth-order valence-corrected chi connectivity index (χ4v) is 2.50. The fourth-order valence-electron chi connectivity index (χ4n) is 2.50. The molecule has 0 aliphatic heterocycles. The third kappa shape index (κ3) is 6.20. The number of rotatable bonds is 8. The monoisotopic (exact) mass is 371 g/mol. The zero-order valence-electron chi connectivity index (χ0n) is 16.7. The fraction of sp³-hybridized carbons (Fsp3) is 0.409. The molecule has 1 atom stereocenters. The van der Waals surface area contributed by atoms with Gasteiger partial charge in [0.2, 0.25) is 0 Å². The summed E-state index contributed by atoms with van der Waals surface area (Å²) in [5, 5.41) is 2.82. The van der Waals surface area contributed by atoms with E-state index < -0.39 is 6.10 Å². The summed E-state index contributed by atoms with van der Waals surface area (Å²) in [5.74, 6) is 1.72. The highest BCUT2D eigenvalue weighted by Crippen LogP contribution is 2.27. The molecule has 0 radical (unpaired) electrons. The maximum atomic E-state index is 12.2. The molecule has 146 valence electrons. The number of para-hydroxylation sites is 2. The van der Waals surface area contributed by atoms with Crippen molar-refractivity contribution in [2.45, 2.75) is 39.2 Å². The van der Waals surface area contributed by atoms with Gasteiger partial charge >= 0.3 is 0 Å². The molecule has 0 heterocycles. The van der Waals surface area contributed by atoms with Gasteiger partial charge in [-0.1, -0.05) is 45.0 Å². The van der Waals surface area contributed by atoms with Gasteiger partial charge in [-0.25, -0.2) is 0 Å². The van der Waals surface area contributed by atoms with Gasteiger partial charge in [0.25, 0.3) is 5.91 Å². The minimum atomic E-state index is -0.632. The first kappa shape index (κ1) is 20.6. The second-order valence-electron chi connectivity index (χ2n) is 7.32. The molecule has 5 nitrogen and oxygen atoms in total. The number of amides is 1. The number of carbonyl (C=O) groups is 1. The van der Waals surface area contributed by atoms with Gasteiger partial charge in [-0.15, -0.1) is 0 Å². The van der Waals surface area contributed by atoms with Crippen molar-refractivity contribution in [3.05, 3.63) is 54.1 Å². The molecule has 1 amide bonds. The molecule has 0 aliphatic rings. The predicted octanol–water partition coefficient (Wildman–Crippen LogP) is 3.96. The average molecular weight is 371 g/mol. The topological polar surface area (TPSA) is 56.8 Å². The van der Waals surface area contributed by atoms with Crippen LogP contribution in [0.5, 0.6) is 17.2 Å². The van der Waals surface area contributed by atoms with E-state index in [0.717, 1.165) is 5.75 Å². The molecule has 5 heteroatoms. The number of hydrogen-bond acceptors (Lipinski definition) is 4. The van der Waals surface area contributed by atoms with Crippen LogP contribution in [0, 0.1) is 0 Å². The Morgan fingerprint density at radius 2 is 1.67 bits per heavy atom. The van der Waals surface area contributed by atoms with E-state index in [1.54, 1.807) is 26.2 Å². The van der Waals surface area contributed by atoms with Crippen molar-refractivity contribution in [1.29, 1.82) is 0 Å². The molecule has 0 bridgehead atoms. The van der Waals surface area contributed by atoms with E-state index in [1.165, 1.54) is 5.56 Å². The number of methoxy groups -OCH3 is 1. The Bertz CT molecular complexity index is 735. The van der Waals surface area contributed by atoms with Crippen LogP contribution in [0.25, 0.3) is 0 Å². The summed E-state index contributed by atoms with van der Waals surface area (Å²) in [4.78, 5) is 12.2. The van der Waals surface area contributed by atoms with Gasteiger partial charge in [0.15, 0.2) is 17.6 Å². The Morgan fingerprint density at radius 1 is 1.04 bits per heavy atom. The van der Waals surface area contributed by atoms with Crippen LogP contribution in [0.15, 0.2) is 48.5 Å². The minimum absolute atomic E-state index is 0.115. The molecular formula is C22H29NO4. The van der Waals surface area contributed by atoms with E-state index >= 15 is 0 Å². The number of nitrogens with one attached hydrogen (secondary N) is 1.